The monoisotopic (exact) mass is 138 g/mol. The number of hydrogen-bond acceptors (Lipinski definition) is 4. The first-order valence-electron chi connectivity index (χ1n) is 2.77. The van der Waals surface area contributed by atoms with E-state index in [1.54, 1.807) is 13.0 Å². The van der Waals surface area contributed by atoms with Crippen LogP contribution in [0.25, 0.3) is 0 Å². The van der Waals surface area contributed by atoms with Crippen LogP contribution in [0.4, 0.5) is 0 Å². The first-order chi connectivity index (χ1) is 4.66. The molecule has 52 valence electrons. The summed E-state index contributed by atoms with van der Waals surface area (Å²) in [4.78, 5) is 10.9. The lowest BCUT2D eigenvalue weighted by Gasteiger charge is -1.99. The van der Waals surface area contributed by atoms with Gasteiger partial charge in [-0.2, -0.15) is 5.26 Å². The molecule has 1 atom stereocenters. The number of rotatable bonds is 0. The van der Waals surface area contributed by atoms with E-state index in [1.165, 1.54) is 0 Å². The van der Waals surface area contributed by atoms with Gasteiger partial charge in [0.2, 0.25) is 11.7 Å². The third-order valence-corrected chi connectivity index (χ3v) is 1.28. The van der Waals surface area contributed by atoms with Gasteiger partial charge in [0.15, 0.2) is 11.7 Å². The first kappa shape index (κ1) is 6.62. The third kappa shape index (κ3) is 0.722. The van der Waals surface area contributed by atoms with E-state index in [-0.39, 0.29) is 17.2 Å². The molecular weight excluding hydrogens is 132 g/mol. The van der Waals surface area contributed by atoms with Gasteiger partial charge in [-0.3, -0.25) is 4.79 Å². The summed E-state index contributed by atoms with van der Waals surface area (Å²) in [7, 11) is 0. The summed E-state index contributed by atoms with van der Waals surface area (Å²) in [6.45, 7) is 1.56. The molecule has 0 aliphatic carbocycles. The number of Topliss-reactive ketones (excluding diaryl/α,β-unsaturated/α-hetero) is 1. The van der Waals surface area contributed by atoms with Crippen LogP contribution in [-0.4, -0.2) is 11.9 Å². The Labute approximate surface area is 57.9 Å². The van der Waals surface area contributed by atoms with Crippen LogP contribution in [0.2, 0.25) is 0 Å². The van der Waals surface area contributed by atoms with Crippen LogP contribution < -0.4 is 5.73 Å². The number of nitrogens with zero attached hydrogens (tertiary/aromatic N) is 1. The number of ether oxygens (including phenoxy) is 1. The number of nitrogens with two attached hydrogens (primary N) is 1. The summed E-state index contributed by atoms with van der Waals surface area (Å²) in [5.41, 5.74) is 5.12. The Kier molecular flexibility index (Phi) is 1.34. The molecule has 0 spiro atoms. The Bertz CT molecular complexity index is 249. The van der Waals surface area contributed by atoms with Gasteiger partial charge in [0.1, 0.15) is 6.07 Å². The predicted molar refractivity (Wildman–Crippen MR) is 32.4 cm³/mol. The second-order valence-electron chi connectivity index (χ2n) is 1.98. The molecular formula is C6H6N2O2. The minimum Gasteiger partial charge on any atom is -0.467 e. The van der Waals surface area contributed by atoms with Crippen molar-refractivity contribution < 1.29 is 9.53 Å². The van der Waals surface area contributed by atoms with E-state index < -0.39 is 6.10 Å². The summed E-state index contributed by atoms with van der Waals surface area (Å²) < 4.78 is 4.76. The number of carbonyl (C=O) groups excluding carboxylic acids is 1. The van der Waals surface area contributed by atoms with Gasteiger partial charge in [-0.05, 0) is 6.92 Å². The maximum absolute atomic E-state index is 10.9. The van der Waals surface area contributed by atoms with E-state index in [1.807, 2.05) is 0 Å². The topological polar surface area (TPSA) is 76.1 Å². The molecule has 1 heterocycles. The van der Waals surface area contributed by atoms with Gasteiger partial charge in [-0.15, -0.1) is 0 Å². The molecule has 0 saturated carbocycles. The zero-order valence-electron chi connectivity index (χ0n) is 5.42. The van der Waals surface area contributed by atoms with E-state index >= 15 is 0 Å². The van der Waals surface area contributed by atoms with E-state index in [4.69, 9.17) is 15.7 Å². The molecule has 1 rings (SSSR count). The molecule has 1 aliphatic heterocycles. The normalized spacial score (nSPS) is 24.4. The molecule has 1 aliphatic rings. The Morgan fingerprint density at radius 1 is 1.80 bits per heavy atom. The summed E-state index contributed by atoms with van der Waals surface area (Å²) in [5, 5.41) is 8.34. The minimum absolute atomic E-state index is 0.0556. The fourth-order valence-corrected chi connectivity index (χ4v) is 0.738. The summed E-state index contributed by atoms with van der Waals surface area (Å²) in [6.07, 6.45) is -0.588. The van der Waals surface area contributed by atoms with Gasteiger partial charge < -0.3 is 10.5 Å². The standard InChI is InChI=1S/C6H6N2O2/c1-3-5(9)4(2-7)6(8)10-3/h3H,8H2,1H3. The van der Waals surface area contributed by atoms with Crippen molar-refractivity contribution in [1.29, 1.82) is 5.26 Å². The Balaban J connectivity index is 2.99. The molecule has 4 heteroatoms. The van der Waals surface area contributed by atoms with Gasteiger partial charge >= 0.3 is 0 Å². The predicted octanol–water partition coefficient (Wildman–Crippen LogP) is -0.332. The summed E-state index contributed by atoms with van der Waals surface area (Å²) in [6, 6.07) is 1.67. The largest absolute Gasteiger partial charge is 0.467 e. The van der Waals surface area contributed by atoms with Crippen molar-refractivity contribution in [3.8, 4) is 6.07 Å². The maximum Gasteiger partial charge on any atom is 0.218 e. The molecule has 0 aromatic heterocycles. The van der Waals surface area contributed by atoms with Crippen LogP contribution in [0.1, 0.15) is 6.92 Å². The zero-order valence-corrected chi connectivity index (χ0v) is 5.42. The molecule has 0 aromatic carbocycles. The van der Waals surface area contributed by atoms with Gasteiger partial charge in [-0.1, -0.05) is 0 Å². The highest BCUT2D eigenvalue weighted by molar-refractivity contribution is 6.04. The number of hydrogen-bond donors (Lipinski definition) is 1. The van der Waals surface area contributed by atoms with Crippen molar-refractivity contribution >= 4 is 5.78 Å². The average Bonchev–Trinajstić information content (AvgIpc) is 2.09. The Morgan fingerprint density at radius 3 is 2.60 bits per heavy atom. The van der Waals surface area contributed by atoms with Crippen molar-refractivity contribution in [2.45, 2.75) is 13.0 Å². The van der Waals surface area contributed by atoms with Crippen molar-refractivity contribution in [3.63, 3.8) is 0 Å². The molecule has 0 fully saturated rings. The molecule has 0 aromatic rings. The summed E-state index contributed by atoms with van der Waals surface area (Å²) in [5.74, 6) is -0.389. The molecule has 2 N–H and O–H groups in total. The van der Waals surface area contributed by atoms with Crippen molar-refractivity contribution in [2.24, 2.45) is 5.73 Å². The fourth-order valence-electron chi connectivity index (χ4n) is 0.738. The lowest BCUT2D eigenvalue weighted by Crippen LogP contribution is -2.12. The number of carbonyl (C=O) groups is 1. The lowest BCUT2D eigenvalue weighted by molar-refractivity contribution is -0.120. The molecule has 0 bridgehead atoms. The van der Waals surface area contributed by atoms with Crippen molar-refractivity contribution in [3.05, 3.63) is 11.5 Å². The second kappa shape index (κ2) is 2.03. The SMILES string of the molecule is CC1OC(N)=C(C#N)C1=O. The smallest absolute Gasteiger partial charge is 0.218 e. The van der Waals surface area contributed by atoms with Crippen LogP contribution in [0.3, 0.4) is 0 Å². The van der Waals surface area contributed by atoms with Crippen molar-refractivity contribution in [1.82, 2.24) is 0 Å². The van der Waals surface area contributed by atoms with E-state index in [0.29, 0.717) is 0 Å². The van der Waals surface area contributed by atoms with Gasteiger partial charge in [-0.25, -0.2) is 0 Å². The number of ketones is 1. The van der Waals surface area contributed by atoms with Gasteiger partial charge in [0.05, 0.1) is 0 Å². The molecule has 0 saturated heterocycles. The van der Waals surface area contributed by atoms with Crippen LogP contribution >= 0.6 is 0 Å². The Hall–Kier alpha value is -1.50. The average molecular weight is 138 g/mol. The van der Waals surface area contributed by atoms with E-state index in [0.717, 1.165) is 0 Å². The quantitative estimate of drug-likeness (QED) is 0.497. The Morgan fingerprint density at radius 2 is 2.40 bits per heavy atom. The first-order valence-corrected chi connectivity index (χ1v) is 2.77. The van der Waals surface area contributed by atoms with Gasteiger partial charge in [0.25, 0.3) is 0 Å². The summed E-state index contributed by atoms with van der Waals surface area (Å²) >= 11 is 0. The third-order valence-electron chi connectivity index (χ3n) is 1.28. The van der Waals surface area contributed by atoms with Gasteiger partial charge in [0, 0.05) is 0 Å². The van der Waals surface area contributed by atoms with E-state index in [2.05, 4.69) is 0 Å². The van der Waals surface area contributed by atoms with Crippen molar-refractivity contribution in [2.75, 3.05) is 0 Å². The van der Waals surface area contributed by atoms with Crippen LogP contribution in [0.15, 0.2) is 11.5 Å². The molecule has 4 nitrogen and oxygen atoms in total. The number of nitriles is 1. The zero-order chi connectivity index (χ0) is 7.72. The maximum atomic E-state index is 10.9. The fraction of sp³-hybridized carbons (Fsp3) is 0.333. The molecule has 0 radical (unpaired) electrons. The molecule has 10 heavy (non-hydrogen) atoms. The highest BCUT2D eigenvalue weighted by Gasteiger charge is 2.30. The van der Waals surface area contributed by atoms with E-state index in [9.17, 15) is 4.79 Å². The highest BCUT2D eigenvalue weighted by atomic mass is 16.5. The van der Waals surface area contributed by atoms with Crippen LogP contribution in [-0.2, 0) is 9.53 Å². The molecule has 1 unspecified atom stereocenters. The van der Waals surface area contributed by atoms with Crippen LogP contribution in [0.5, 0.6) is 0 Å². The van der Waals surface area contributed by atoms with Crippen LogP contribution in [0, 0.1) is 11.3 Å². The molecule has 0 amide bonds. The highest BCUT2D eigenvalue weighted by Crippen LogP contribution is 2.16. The minimum atomic E-state index is -0.588. The second-order valence-corrected chi connectivity index (χ2v) is 1.98. The lowest BCUT2D eigenvalue weighted by atomic mass is 10.1.